The lowest BCUT2D eigenvalue weighted by Gasteiger charge is -2.22. The van der Waals surface area contributed by atoms with E-state index < -0.39 is 0 Å². The number of nitrogens with zero attached hydrogens (tertiary/aromatic N) is 2. The molecule has 3 rings (SSSR count). The van der Waals surface area contributed by atoms with Crippen molar-refractivity contribution in [1.82, 2.24) is 10.6 Å². The molecule has 0 saturated carbocycles. The van der Waals surface area contributed by atoms with Gasteiger partial charge in [0.2, 0.25) is 0 Å². The number of halogens is 2. The molecule has 2 aromatic rings. The number of aliphatic imine (C=N–C) groups is 1. The SMILES string of the molecule is CN=C(NCc1cc(Br)cs1)NC1CCN(c2ccccc2OC)C1.I. The van der Waals surface area contributed by atoms with Crippen LogP contribution in [0.25, 0.3) is 0 Å². The van der Waals surface area contributed by atoms with E-state index in [4.69, 9.17) is 4.74 Å². The minimum absolute atomic E-state index is 0. The third-order valence-corrected chi connectivity index (χ3v) is 5.93. The van der Waals surface area contributed by atoms with E-state index in [1.165, 1.54) is 4.88 Å². The zero-order valence-corrected chi connectivity index (χ0v) is 19.6. The molecule has 0 aliphatic carbocycles. The summed E-state index contributed by atoms with van der Waals surface area (Å²) < 4.78 is 6.61. The minimum Gasteiger partial charge on any atom is -0.495 e. The van der Waals surface area contributed by atoms with Gasteiger partial charge in [0.15, 0.2) is 5.96 Å². The van der Waals surface area contributed by atoms with Crippen molar-refractivity contribution >= 4 is 62.9 Å². The molecule has 8 heteroatoms. The quantitative estimate of drug-likeness (QED) is 0.334. The first kappa shape index (κ1) is 21.3. The highest BCUT2D eigenvalue weighted by Gasteiger charge is 2.25. The molecule has 0 spiro atoms. The maximum atomic E-state index is 5.48. The molecule has 0 amide bonds. The van der Waals surface area contributed by atoms with E-state index in [2.05, 4.69) is 60.0 Å². The minimum atomic E-state index is 0. The van der Waals surface area contributed by atoms with E-state index in [1.54, 1.807) is 18.4 Å². The number of rotatable bonds is 5. The lowest BCUT2D eigenvalue weighted by Crippen LogP contribution is -2.44. The van der Waals surface area contributed by atoms with Gasteiger partial charge >= 0.3 is 0 Å². The number of ether oxygens (including phenoxy) is 1. The van der Waals surface area contributed by atoms with Crippen LogP contribution in [-0.4, -0.2) is 39.2 Å². The van der Waals surface area contributed by atoms with E-state index in [1.807, 2.05) is 19.2 Å². The normalized spacial score (nSPS) is 17.0. The van der Waals surface area contributed by atoms with Gasteiger partial charge in [-0.3, -0.25) is 4.99 Å². The van der Waals surface area contributed by atoms with Crippen LogP contribution in [0.1, 0.15) is 11.3 Å². The van der Waals surface area contributed by atoms with Gasteiger partial charge in [0.05, 0.1) is 19.3 Å². The summed E-state index contributed by atoms with van der Waals surface area (Å²) in [6.45, 7) is 2.72. The van der Waals surface area contributed by atoms with Crippen molar-refractivity contribution in [2.75, 3.05) is 32.1 Å². The van der Waals surface area contributed by atoms with Gasteiger partial charge in [0.1, 0.15) is 5.75 Å². The van der Waals surface area contributed by atoms with Crippen LogP contribution in [0.3, 0.4) is 0 Å². The van der Waals surface area contributed by atoms with Crippen molar-refractivity contribution in [3.05, 3.63) is 45.1 Å². The van der Waals surface area contributed by atoms with Crippen molar-refractivity contribution < 1.29 is 4.74 Å². The molecule has 0 bridgehead atoms. The molecule has 1 atom stereocenters. The fourth-order valence-electron chi connectivity index (χ4n) is 2.99. The fourth-order valence-corrected chi connectivity index (χ4v) is 4.38. The molecule has 1 aromatic carbocycles. The summed E-state index contributed by atoms with van der Waals surface area (Å²) in [5.41, 5.74) is 1.15. The number of methoxy groups -OCH3 is 1. The molecule has 142 valence electrons. The molecule has 1 aromatic heterocycles. The zero-order valence-electron chi connectivity index (χ0n) is 14.9. The van der Waals surface area contributed by atoms with E-state index in [9.17, 15) is 0 Å². The number of para-hydroxylation sites is 2. The summed E-state index contributed by atoms with van der Waals surface area (Å²) >= 11 is 5.22. The van der Waals surface area contributed by atoms with Gasteiger partial charge < -0.3 is 20.3 Å². The molecule has 1 aliphatic rings. The molecule has 0 radical (unpaired) electrons. The monoisotopic (exact) mass is 550 g/mol. The Balaban J connectivity index is 0.00000243. The Hall–Kier alpha value is -1.000. The van der Waals surface area contributed by atoms with E-state index in [0.29, 0.717) is 6.04 Å². The predicted octanol–water partition coefficient (Wildman–Crippen LogP) is 4.08. The van der Waals surface area contributed by atoms with Crippen LogP contribution in [0.15, 0.2) is 45.2 Å². The average molecular weight is 551 g/mol. The standard InChI is InChI=1S/C18H23BrN4OS.HI/c1-20-18(21-10-15-9-13(19)12-25-15)22-14-7-8-23(11-14)16-5-3-4-6-17(16)24-2;/h3-6,9,12,14H,7-8,10-11H2,1-2H3,(H2,20,21,22);1H. The highest BCUT2D eigenvalue weighted by Crippen LogP contribution is 2.30. The molecular weight excluding hydrogens is 527 g/mol. The third-order valence-electron chi connectivity index (χ3n) is 4.23. The molecule has 1 fully saturated rings. The first-order valence-corrected chi connectivity index (χ1v) is 9.95. The Morgan fingerprint density at radius 1 is 1.42 bits per heavy atom. The van der Waals surface area contributed by atoms with Gasteiger partial charge in [0, 0.05) is 40.9 Å². The molecular formula is C18H24BrIN4OS. The zero-order chi connectivity index (χ0) is 17.6. The molecule has 1 aliphatic heterocycles. The van der Waals surface area contributed by atoms with Gasteiger partial charge in [0.25, 0.3) is 0 Å². The first-order chi connectivity index (χ1) is 12.2. The Labute approximate surface area is 184 Å². The second-order valence-electron chi connectivity index (χ2n) is 5.90. The van der Waals surface area contributed by atoms with Crippen LogP contribution in [-0.2, 0) is 6.54 Å². The van der Waals surface area contributed by atoms with Crippen molar-refractivity contribution in [1.29, 1.82) is 0 Å². The van der Waals surface area contributed by atoms with Crippen molar-refractivity contribution in [3.8, 4) is 5.75 Å². The maximum Gasteiger partial charge on any atom is 0.191 e. The van der Waals surface area contributed by atoms with Gasteiger partial charge in [-0.2, -0.15) is 0 Å². The fraction of sp³-hybridized carbons (Fsp3) is 0.389. The van der Waals surface area contributed by atoms with Gasteiger partial charge in [-0.05, 0) is 40.5 Å². The number of hydrogen-bond donors (Lipinski definition) is 2. The van der Waals surface area contributed by atoms with Crippen LogP contribution in [0.5, 0.6) is 5.75 Å². The Kier molecular flexibility index (Phi) is 8.49. The second-order valence-corrected chi connectivity index (χ2v) is 7.82. The summed E-state index contributed by atoms with van der Waals surface area (Å²) in [6.07, 6.45) is 1.07. The van der Waals surface area contributed by atoms with Crippen LogP contribution >= 0.6 is 51.2 Å². The second kappa shape index (κ2) is 10.4. The molecule has 5 nitrogen and oxygen atoms in total. The summed E-state index contributed by atoms with van der Waals surface area (Å²) in [4.78, 5) is 7.99. The highest BCUT2D eigenvalue weighted by molar-refractivity contribution is 14.0. The number of thiophene rings is 1. The highest BCUT2D eigenvalue weighted by atomic mass is 127. The average Bonchev–Trinajstić information content (AvgIpc) is 3.27. The number of nitrogens with one attached hydrogen (secondary N) is 2. The largest absolute Gasteiger partial charge is 0.495 e. The summed E-state index contributed by atoms with van der Waals surface area (Å²) in [5, 5.41) is 9.01. The van der Waals surface area contributed by atoms with Crippen molar-refractivity contribution in [3.63, 3.8) is 0 Å². The topological polar surface area (TPSA) is 48.9 Å². The van der Waals surface area contributed by atoms with Crippen LogP contribution < -0.4 is 20.3 Å². The molecule has 2 heterocycles. The number of anilines is 1. The van der Waals surface area contributed by atoms with Crippen LogP contribution in [0.2, 0.25) is 0 Å². The predicted molar refractivity (Wildman–Crippen MR) is 124 cm³/mol. The first-order valence-electron chi connectivity index (χ1n) is 8.27. The van der Waals surface area contributed by atoms with Crippen molar-refractivity contribution in [2.45, 2.75) is 19.0 Å². The van der Waals surface area contributed by atoms with Gasteiger partial charge in [-0.25, -0.2) is 0 Å². The summed E-state index contributed by atoms with van der Waals surface area (Å²) in [5.74, 6) is 1.77. The van der Waals surface area contributed by atoms with Gasteiger partial charge in [-0.15, -0.1) is 35.3 Å². The number of hydrogen-bond acceptors (Lipinski definition) is 4. The third kappa shape index (κ3) is 5.50. The van der Waals surface area contributed by atoms with E-state index in [-0.39, 0.29) is 24.0 Å². The smallest absolute Gasteiger partial charge is 0.191 e. The lowest BCUT2D eigenvalue weighted by atomic mass is 10.2. The van der Waals surface area contributed by atoms with Crippen LogP contribution in [0.4, 0.5) is 5.69 Å². The van der Waals surface area contributed by atoms with E-state index in [0.717, 1.165) is 47.9 Å². The number of guanidine groups is 1. The van der Waals surface area contributed by atoms with E-state index >= 15 is 0 Å². The number of benzene rings is 1. The molecule has 1 saturated heterocycles. The Morgan fingerprint density at radius 3 is 2.92 bits per heavy atom. The van der Waals surface area contributed by atoms with Crippen LogP contribution in [0, 0.1) is 0 Å². The van der Waals surface area contributed by atoms with Gasteiger partial charge in [-0.1, -0.05) is 12.1 Å². The molecule has 2 N–H and O–H groups in total. The van der Waals surface area contributed by atoms with Crippen molar-refractivity contribution in [2.24, 2.45) is 4.99 Å². The lowest BCUT2D eigenvalue weighted by molar-refractivity contribution is 0.415. The summed E-state index contributed by atoms with van der Waals surface area (Å²) in [7, 11) is 3.53. The Bertz CT molecular complexity index is 739. The molecule has 1 unspecified atom stereocenters. The molecule has 26 heavy (non-hydrogen) atoms. The summed E-state index contributed by atoms with van der Waals surface area (Å²) in [6, 6.07) is 10.7. The maximum absolute atomic E-state index is 5.48. The Morgan fingerprint density at radius 2 is 2.23 bits per heavy atom.